The summed E-state index contributed by atoms with van der Waals surface area (Å²) in [5.41, 5.74) is 0. The highest BCUT2D eigenvalue weighted by Crippen LogP contribution is 2.15. The van der Waals surface area contributed by atoms with Crippen LogP contribution in [0, 0.1) is 5.92 Å². The van der Waals surface area contributed by atoms with E-state index >= 15 is 0 Å². The van der Waals surface area contributed by atoms with Gasteiger partial charge in [-0.2, -0.15) is 11.8 Å². The number of rotatable bonds is 6. The Bertz CT molecular complexity index is 264. The van der Waals surface area contributed by atoms with Crippen molar-refractivity contribution in [3.63, 3.8) is 0 Å². The summed E-state index contributed by atoms with van der Waals surface area (Å²) >= 11 is 1.64. The van der Waals surface area contributed by atoms with Gasteiger partial charge in [0.25, 0.3) is 0 Å². The maximum Gasteiger partial charge on any atom is 0.227 e. The van der Waals surface area contributed by atoms with E-state index in [4.69, 9.17) is 9.47 Å². The normalized spacial score (nSPS) is 24.4. The van der Waals surface area contributed by atoms with E-state index in [-0.39, 0.29) is 24.0 Å². The number of hydrogen-bond donors (Lipinski definition) is 1. The lowest BCUT2D eigenvalue weighted by Crippen LogP contribution is -2.41. The molecule has 1 fully saturated rings. The maximum atomic E-state index is 11.5. The third kappa shape index (κ3) is 5.06. The number of amides is 1. The Kier molecular flexibility index (Phi) is 6.54. The summed E-state index contributed by atoms with van der Waals surface area (Å²) in [7, 11) is 1.58. The molecule has 0 aliphatic carbocycles. The molecule has 98 valence electrons. The zero-order chi connectivity index (χ0) is 12.7. The maximum absolute atomic E-state index is 11.5. The van der Waals surface area contributed by atoms with Crippen molar-refractivity contribution in [3.05, 3.63) is 0 Å². The van der Waals surface area contributed by atoms with Crippen LogP contribution in [0.2, 0.25) is 0 Å². The van der Waals surface area contributed by atoms with E-state index in [2.05, 4.69) is 5.32 Å². The minimum absolute atomic E-state index is 0.0860. The third-order valence-corrected chi connectivity index (χ3v) is 3.18. The van der Waals surface area contributed by atoms with Gasteiger partial charge in [0.05, 0.1) is 25.6 Å². The zero-order valence-electron chi connectivity index (χ0n) is 10.2. The molecule has 1 rings (SSSR count). The highest BCUT2D eigenvalue weighted by molar-refractivity contribution is 7.98. The minimum atomic E-state index is -0.481. The molecule has 0 aromatic heterocycles. The van der Waals surface area contributed by atoms with E-state index in [9.17, 15) is 9.59 Å². The first-order valence-electron chi connectivity index (χ1n) is 5.62. The summed E-state index contributed by atoms with van der Waals surface area (Å²) in [5, 5.41) is 2.55. The van der Waals surface area contributed by atoms with Gasteiger partial charge in [0.1, 0.15) is 5.78 Å². The molecule has 0 aromatic rings. The summed E-state index contributed by atoms with van der Waals surface area (Å²) < 4.78 is 10.7. The van der Waals surface area contributed by atoms with Gasteiger partial charge >= 0.3 is 0 Å². The van der Waals surface area contributed by atoms with Crippen LogP contribution in [0.25, 0.3) is 0 Å². The van der Waals surface area contributed by atoms with Crippen molar-refractivity contribution in [2.75, 3.05) is 32.3 Å². The molecule has 6 heteroatoms. The Labute approximate surface area is 106 Å². The molecule has 1 aliphatic rings. The number of carbonyl (C=O) groups excluding carboxylic acids is 2. The molecule has 0 atom stereocenters. The summed E-state index contributed by atoms with van der Waals surface area (Å²) in [4.78, 5) is 22.8. The standard InChI is InChI=1S/C11H19NO4S/c1-12-11(14)8-6-15-10(16-7-8)5-9(13)3-4-17-2/h8,10H,3-7H2,1-2H3,(H,12,14). The van der Waals surface area contributed by atoms with Crippen molar-refractivity contribution in [1.29, 1.82) is 0 Å². The molecular formula is C11H19NO4S. The summed E-state index contributed by atoms with van der Waals surface area (Å²) in [6.07, 6.45) is 2.31. The van der Waals surface area contributed by atoms with Gasteiger partial charge in [0, 0.05) is 13.5 Å². The average Bonchev–Trinajstić information content (AvgIpc) is 2.36. The zero-order valence-corrected chi connectivity index (χ0v) is 11.0. The Balaban J connectivity index is 2.23. The first-order valence-corrected chi connectivity index (χ1v) is 7.02. The monoisotopic (exact) mass is 261 g/mol. The fourth-order valence-corrected chi connectivity index (χ4v) is 1.95. The summed E-state index contributed by atoms with van der Waals surface area (Å²) in [6.45, 7) is 0.639. The topological polar surface area (TPSA) is 64.6 Å². The second-order valence-electron chi connectivity index (χ2n) is 3.89. The molecular weight excluding hydrogens is 242 g/mol. The number of nitrogens with one attached hydrogen (secondary N) is 1. The molecule has 0 bridgehead atoms. The molecule has 1 N–H and O–H groups in total. The lowest BCUT2D eigenvalue weighted by Gasteiger charge is -2.28. The van der Waals surface area contributed by atoms with Crippen LogP contribution in [-0.4, -0.2) is 50.3 Å². The Morgan fingerprint density at radius 3 is 2.53 bits per heavy atom. The van der Waals surface area contributed by atoms with E-state index in [0.29, 0.717) is 19.6 Å². The Morgan fingerprint density at radius 1 is 1.35 bits per heavy atom. The van der Waals surface area contributed by atoms with Gasteiger partial charge in [0.2, 0.25) is 5.91 Å². The molecule has 1 aliphatic heterocycles. The van der Waals surface area contributed by atoms with Gasteiger partial charge in [-0.1, -0.05) is 0 Å². The van der Waals surface area contributed by atoms with E-state index in [1.165, 1.54) is 0 Å². The molecule has 1 saturated heterocycles. The third-order valence-electron chi connectivity index (χ3n) is 2.56. The van der Waals surface area contributed by atoms with Crippen LogP contribution in [0.3, 0.4) is 0 Å². The van der Waals surface area contributed by atoms with Crippen LogP contribution in [0.15, 0.2) is 0 Å². The molecule has 0 aromatic carbocycles. The average molecular weight is 261 g/mol. The fourth-order valence-electron chi connectivity index (χ4n) is 1.52. The van der Waals surface area contributed by atoms with E-state index in [1.807, 2.05) is 6.26 Å². The van der Waals surface area contributed by atoms with Crippen molar-refractivity contribution >= 4 is 23.5 Å². The molecule has 0 unspecified atom stereocenters. The summed E-state index contributed by atoms with van der Waals surface area (Å²) in [5.74, 6) is 0.615. The highest BCUT2D eigenvalue weighted by atomic mass is 32.2. The lowest BCUT2D eigenvalue weighted by atomic mass is 10.1. The van der Waals surface area contributed by atoms with Crippen molar-refractivity contribution in [2.24, 2.45) is 5.92 Å². The summed E-state index contributed by atoms with van der Waals surface area (Å²) in [6, 6.07) is 0. The van der Waals surface area contributed by atoms with Crippen LogP contribution in [0.4, 0.5) is 0 Å². The molecule has 1 amide bonds. The van der Waals surface area contributed by atoms with E-state index in [1.54, 1.807) is 18.8 Å². The van der Waals surface area contributed by atoms with Gasteiger partial charge in [-0.15, -0.1) is 0 Å². The van der Waals surface area contributed by atoms with E-state index < -0.39 is 6.29 Å². The number of hydrogen-bond acceptors (Lipinski definition) is 5. The quantitative estimate of drug-likeness (QED) is 0.751. The number of Topliss-reactive ketones (excluding diaryl/α,β-unsaturated/α-hetero) is 1. The van der Waals surface area contributed by atoms with Gasteiger partial charge in [-0.25, -0.2) is 0 Å². The van der Waals surface area contributed by atoms with Gasteiger partial charge < -0.3 is 14.8 Å². The van der Waals surface area contributed by atoms with Crippen LogP contribution in [-0.2, 0) is 19.1 Å². The number of ether oxygens (including phenoxy) is 2. The van der Waals surface area contributed by atoms with Crippen molar-refractivity contribution in [2.45, 2.75) is 19.1 Å². The van der Waals surface area contributed by atoms with Crippen molar-refractivity contribution < 1.29 is 19.1 Å². The van der Waals surface area contributed by atoms with Crippen LogP contribution in [0.1, 0.15) is 12.8 Å². The predicted octanol–water partition coefficient (Wildman–Crippen LogP) is 0.434. The molecule has 0 radical (unpaired) electrons. The molecule has 0 saturated carbocycles. The van der Waals surface area contributed by atoms with Crippen LogP contribution in [0.5, 0.6) is 0 Å². The van der Waals surface area contributed by atoms with Crippen molar-refractivity contribution in [3.8, 4) is 0 Å². The molecule has 0 spiro atoms. The van der Waals surface area contributed by atoms with E-state index in [0.717, 1.165) is 5.75 Å². The Hall–Kier alpha value is -0.590. The highest BCUT2D eigenvalue weighted by Gasteiger charge is 2.27. The number of carbonyl (C=O) groups is 2. The number of ketones is 1. The molecule has 1 heterocycles. The first-order chi connectivity index (χ1) is 8.17. The smallest absolute Gasteiger partial charge is 0.227 e. The minimum Gasteiger partial charge on any atom is -0.359 e. The fraction of sp³-hybridized carbons (Fsp3) is 0.818. The van der Waals surface area contributed by atoms with Gasteiger partial charge in [-0.05, 0) is 12.0 Å². The molecule has 5 nitrogen and oxygen atoms in total. The number of thioether (sulfide) groups is 1. The van der Waals surface area contributed by atoms with Gasteiger partial charge in [0.15, 0.2) is 6.29 Å². The Morgan fingerprint density at radius 2 is 2.00 bits per heavy atom. The van der Waals surface area contributed by atoms with Crippen LogP contribution < -0.4 is 5.32 Å². The predicted molar refractivity (Wildman–Crippen MR) is 65.9 cm³/mol. The van der Waals surface area contributed by atoms with Crippen LogP contribution >= 0.6 is 11.8 Å². The molecule has 17 heavy (non-hydrogen) atoms. The van der Waals surface area contributed by atoms with Crippen molar-refractivity contribution in [1.82, 2.24) is 5.32 Å². The van der Waals surface area contributed by atoms with Gasteiger partial charge in [-0.3, -0.25) is 9.59 Å². The SMILES string of the molecule is CNC(=O)C1COC(CC(=O)CCSC)OC1. The first kappa shape index (κ1) is 14.5. The lowest BCUT2D eigenvalue weighted by molar-refractivity contribution is -0.203. The second kappa shape index (κ2) is 7.68. The largest absolute Gasteiger partial charge is 0.359 e. The second-order valence-corrected chi connectivity index (χ2v) is 4.88.